The fraction of sp³-hybridized carbons (Fsp3) is 0.600. The Morgan fingerprint density at radius 3 is 2.89 bits per heavy atom. The third-order valence-corrected chi connectivity index (χ3v) is 3.74. The van der Waals surface area contributed by atoms with Gasteiger partial charge in [0, 0.05) is 12.0 Å². The highest BCUT2D eigenvalue weighted by atomic mass is 16.5. The first-order valence-electron chi connectivity index (χ1n) is 6.69. The Morgan fingerprint density at radius 1 is 1.50 bits per heavy atom. The molecule has 1 aliphatic rings. The number of ether oxygens (including phenoxy) is 1. The summed E-state index contributed by atoms with van der Waals surface area (Å²) < 4.78 is 5.97. The minimum absolute atomic E-state index is 0.0406. The van der Waals surface area contributed by atoms with Gasteiger partial charge in [0.15, 0.2) is 0 Å². The SMILES string of the molecule is CC(C)c1cccc(OC2CCC(N)(CO)C2)c1. The Kier molecular flexibility index (Phi) is 3.93. The van der Waals surface area contributed by atoms with Crippen molar-refractivity contribution in [2.45, 2.75) is 50.7 Å². The molecule has 1 aliphatic carbocycles. The maximum atomic E-state index is 9.25. The van der Waals surface area contributed by atoms with Crippen molar-refractivity contribution in [1.82, 2.24) is 0 Å². The van der Waals surface area contributed by atoms with Crippen LogP contribution in [0.1, 0.15) is 44.6 Å². The molecule has 0 saturated heterocycles. The molecule has 18 heavy (non-hydrogen) atoms. The summed E-state index contributed by atoms with van der Waals surface area (Å²) in [7, 11) is 0. The lowest BCUT2D eigenvalue weighted by molar-refractivity contribution is 0.165. The molecule has 0 aromatic heterocycles. The molecule has 2 unspecified atom stereocenters. The molecule has 3 heteroatoms. The molecule has 1 aromatic carbocycles. The van der Waals surface area contributed by atoms with Crippen LogP contribution >= 0.6 is 0 Å². The van der Waals surface area contributed by atoms with E-state index in [-0.39, 0.29) is 12.7 Å². The van der Waals surface area contributed by atoms with Crippen LogP contribution in [-0.4, -0.2) is 23.4 Å². The van der Waals surface area contributed by atoms with E-state index in [9.17, 15) is 5.11 Å². The first-order chi connectivity index (χ1) is 8.52. The van der Waals surface area contributed by atoms with Crippen molar-refractivity contribution < 1.29 is 9.84 Å². The van der Waals surface area contributed by atoms with Gasteiger partial charge in [-0.3, -0.25) is 0 Å². The van der Waals surface area contributed by atoms with Crippen LogP contribution in [0.25, 0.3) is 0 Å². The lowest BCUT2D eigenvalue weighted by Gasteiger charge is -2.21. The van der Waals surface area contributed by atoms with Gasteiger partial charge < -0.3 is 15.6 Å². The van der Waals surface area contributed by atoms with E-state index in [2.05, 4.69) is 26.0 Å². The molecule has 100 valence electrons. The number of aliphatic hydroxyl groups excluding tert-OH is 1. The van der Waals surface area contributed by atoms with Crippen molar-refractivity contribution in [3.8, 4) is 5.75 Å². The number of nitrogens with two attached hydrogens (primary N) is 1. The first-order valence-corrected chi connectivity index (χ1v) is 6.69. The van der Waals surface area contributed by atoms with Gasteiger partial charge >= 0.3 is 0 Å². The van der Waals surface area contributed by atoms with Crippen LogP contribution in [0.15, 0.2) is 24.3 Å². The zero-order chi connectivity index (χ0) is 13.2. The highest BCUT2D eigenvalue weighted by molar-refractivity contribution is 5.30. The third kappa shape index (κ3) is 3.03. The van der Waals surface area contributed by atoms with E-state index in [1.807, 2.05) is 12.1 Å². The maximum absolute atomic E-state index is 9.25. The number of hydrogen-bond donors (Lipinski definition) is 2. The van der Waals surface area contributed by atoms with E-state index < -0.39 is 5.54 Å². The van der Waals surface area contributed by atoms with Crippen LogP contribution in [0, 0.1) is 0 Å². The second-order valence-electron chi connectivity index (χ2n) is 5.73. The zero-order valence-electron chi connectivity index (χ0n) is 11.2. The Bertz CT molecular complexity index is 405. The third-order valence-electron chi connectivity index (χ3n) is 3.74. The second kappa shape index (κ2) is 5.29. The van der Waals surface area contributed by atoms with Gasteiger partial charge in [-0.25, -0.2) is 0 Å². The van der Waals surface area contributed by atoms with Crippen LogP contribution in [0.4, 0.5) is 0 Å². The Balaban J connectivity index is 2.00. The molecule has 1 aromatic rings. The van der Waals surface area contributed by atoms with Gasteiger partial charge in [0.05, 0.1) is 6.61 Å². The lowest BCUT2D eigenvalue weighted by Crippen LogP contribution is -2.41. The van der Waals surface area contributed by atoms with Crippen molar-refractivity contribution in [2.24, 2.45) is 5.73 Å². The van der Waals surface area contributed by atoms with Crippen LogP contribution in [-0.2, 0) is 0 Å². The Labute approximate surface area is 109 Å². The van der Waals surface area contributed by atoms with Gasteiger partial charge in [0.2, 0.25) is 0 Å². The molecule has 3 nitrogen and oxygen atoms in total. The average Bonchev–Trinajstić information content (AvgIpc) is 2.72. The summed E-state index contributed by atoms with van der Waals surface area (Å²) in [4.78, 5) is 0. The molecule has 2 rings (SSSR count). The molecule has 2 atom stereocenters. The smallest absolute Gasteiger partial charge is 0.120 e. The summed E-state index contributed by atoms with van der Waals surface area (Å²) in [5.74, 6) is 1.41. The van der Waals surface area contributed by atoms with Crippen molar-refractivity contribution >= 4 is 0 Å². The van der Waals surface area contributed by atoms with E-state index in [4.69, 9.17) is 10.5 Å². The largest absolute Gasteiger partial charge is 0.490 e. The Hall–Kier alpha value is -1.06. The summed E-state index contributed by atoms with van der Waals surface area (Å²) in [5.41, 5.74) is 6.89. The first kappa shape index (κ1) is 13.4. The predicted octanol–water partition coefficient (Wildman–Crippen LogP) is 2.43. The average molecular weight is 249 g/mol. The van der Waals surface area contributed by atoms with Gasteiger partial charge in [-0.2, -0.15) is 0 Å². The van der Waals surface area contributed by atoms with Crippen molar-refractivity contribution in [1.29, 1.82) is 0 Å². The highest BCUT2D eigenvalue weighted by Crippen LogP contribution is 2.31. The fourth-order valence-electron chi connectivity index (χ4n) is 2.49. The molecule has 1 fully saturated rings. The molecule has 0 heterocycles. The van der Waals surface area contributed by atoms with E-state index in [0.717, 1.165) is 25.0 Å². The summed E-state index contributed by atoms with van der Waals surface area (Å²) >= 11 is 0. The number of aliphatic hydroxyl groups is 1. The zero-order valence-corrected chi connectivity index (χ0v) is 11.2. The normalized spacial score (nSPS) is 27.7. The second-order valence-corrected chi connectivity index (χ2v) is 5.73. The van der Waals surface area contributed by atoms with Gasteiger partial charge in [0.1, 0.15) is 11.9 Å². The molecule has 0 bridgehead atoms. The maximum Gasteiger partial charge on any atom is 0.120 e. The van der Waals surface area contributed by atoms with Crippen LogP contribution in [0.3, 0.4) is 0 Å². The molecule has 0 spiro atoms. The van der Waals surface area contributed by atoms with Gasteiger partial charge in [-0.1, -0.05) is 26.0 Å². The van der Waals surface area contributed by atoms with Crippen molar-refractivity contribution in [3.63, 3.8) is 0 Å². The van der Waals surface area contributed by atoms with Crippen LogP contribution in [0.5, 0.6) is 5.75 Å². The molecule has 0 radical (unpaired) electrons. The molecular formula is C15H23NO2. The van der Waals surface area contributed by atoms with Crippen LogP contribution in [0.2, 0.25) is 0 Å². The molecule has 0 aliphatic heterocycles. The summed E-state index contributed by atoms with van der Waals surface area (Å²) in [6.07, 6.45) is 2.61. The van der Waals surface area contributed by atoms with Crippen LogP contribution < -0.4 is 10.5 Å². The summed E-state index contributed by atoms with van der Waals surface area (Å²) in [6, 6.07) is 8.23. The van der Waals surface area contributed by atoms with E-state index >= 15 is 0 Å². The number of rotatable bonds is 4. The predicted molar refractivity (Wildman–Crippen MR) is 72.8 cm³/mol. The van der Waals surface area contributed by atoms with Crippen molar-refractivity contribution in [2.75, 3.05) is 6.61 Å². The number of benzene rings is 1. The van der Waals surface area contributed by atoms with E-state index in [0.29, 0.717) is 5.92 Å². The summed E-state index contributed by atoms with van der Waals surface area (Å²) in [5, 5.41) is 9.25. The lowest BCUT2D eigenvalue weighted by atomic mass is 10.0. The topological polar surface area (TPSA) is 55.5 Å². The van der Waals surface area contributed by atoms with Crippen molar-refractivity contribution in [3.05, 3.63) is 29.8 Å². The number of hydrogen-bond acceptors (Lipinski definition) is 3. The van der Waals surface area contributed by atoms with Gasteiger partial charge in [0.25, 0.3) is 0 Å². The monoisotopic (exact) mass is 249 g/mol. The minimum Gasteiger partial charge on any atom is -0.490 e. The minimum atomic E-state index is -0.444. The fourth-order valence-corrected chi connectivity index (χ4v) is 2.49. The molecule has 3 N–H and O–H groups in total. The Morgan fingerprint density at radius 2 is 2.28 bits per heavy atom. The van der Waals surface area contributed by atoms with E-state index in [1.54, 1.807) is 0 Å². The van der Waals surface area contributed by atoms with E-state index in [1.165, 1.54) is 5.56 Å². The van der Waals surface area contributed by atoms with Gasteiger partial charge in [-0.05, 0) is 36.5 Å². The summed E-state index contributed by atoms with van der Waals surface area (Å²) in [6.45, 7) is 4.38. The molecular weight excluding hydrogens is 226 g/mol. The molecule has 0 amide bonds. The van der Waals surface area contributed by atoms with Gasteiger partial charge in [-0.15, -0.1) is 0 Å². The molecule has 1 saturated carbocycles. The highest BCUT2D eigenvalue weighted by Gasteiger charge is 2.36. The standard InChI is InChI=1S/C15H23NO2/c1-11(2)12-4-3-5-13(8-12)18-14-6-7-15(16,9-14)10-17/h3-5,8,11,14,17H,6-7,9-10,16H2,1-2H3. The quantitative estimate of drug-likeness (QED) is 0.861.